The number of anilines is 1. The molecular formula is C23H20N4O4S. The monoisotopic (exact) mass is 448 g/mol. The van der Waals surface area contributed by atoms with Crippen LogP contribution in [0.15, 0.2) is 76.9 Å². The summed E-state index contributed by atoms with van der Waals surface area (Å²) in [6.07, 6.45) is 0. The Bertz CT molecular complexity index is 1250. The van der Waals surface area contributed by atoms with E-state index in [1.54, 1.807) is 7.11 Å². The molecule has 4 rings (SSSR count). The number of hydrogen-bond donors (Lipinski definition) is 1. The van der Waals surface area contributed by atoms with Gasteiger partial charge in [0, 0.05) is 17.0 Å². The van der Waals surface area contributed by atoms with E-state index in [-0.39, 0.29) is 24.4 Å². The Morgan fingerprint density at radius 2 is 1.81 bits per heavy atom. The zero-order valence-electron chi connectivity index (χ0n) is 17.2. The molecule has 2 aromatic heterocycles. The Morgan fingerprint density at radius 1 is 1.03 bits per heavy atom. The summed E-state index contributed by atoms with van der Waals surface area (Å²) < 4.78 is 12.0. The molecule has 8 nitrogen and oxygen atoms in total. The molecule has 0 bridgehead atoms. The Balaban J connectivity index is 1.40. The third-order valence-electron chi connectivity index (χ3n) is 4.52. The van der Waals surface area contributed by atoms with Crippen LogP contribution in [-0.2, 0) is 6.54 Å². The fourth-order valence-electron chi connectivity index (χ4n) is 2.88. The number of nitrogens with one attached hydrogen (secondary N) is 1. The number of rotatable bonds is 8. The summed E-state index contributed by atoms with van der Waals surface area (Å²) in [4.78, 5) is 29.2. The third-order valence-corrected chi connectivity index (χ3v) is 5.28. The number of nitrogens with zero attached hydrogens (tertiary/aromatic N) is 3. The Kier molecular flexibility index (Phi) is 6.57. The minimum absolute atomic E-state index is 0.116. The number of carbonyl (C=O) groups is 1. The van der Waals surface area contributed by atoms with Crippen molar-refractivity contribution in [3.63, 3.8) is 0 Å². The second-order valence-electron chi connectivity index (χ2n) is 6.66. The predicted octanol–water partition coefficient (Wildman–Crippen LogP) is 3.71. The maximum atomic E-state index is 12.6. The van der Waals surface area contributed by atoms with Crippen LogP contribution in [0.25, 0.3) is 11.3 Å². The molecule has 2 aromatic carbocycles. The number of carbonyl (C=O) groups excluding carboxylic acids is 1. The smallest absolute Gasteiger partial charge is 0.277 e. The van der Waals surface area contributed by atoms with E-state index in [0.717, 1.165) is 17.0 Å². The van der Waals surface area contributed by atoms with Gasteiger partial charge in [-0.05, 0) is 42.5 Å². The first-order valence-electron chi connectivity index (χ1n) is 9.80. The first-order valence-corrected chi connectivity index (χ1v) is 10.7. The van der Waals surface area contributed by atoms with Gasteiger partial charge in [-0.25, -0.2) is 9.67 Å². The molecule has 0 saturated heterocycles. The minimum atomic E-state index is -0.446. The molecule has 0 saturated carbocycles. The summed E-state index contributed by atoms with van der Waals surface area (Å²) in [5, 5.41) is 9.18. The number of methoxy groups -OCH3 is 1. The van der Waals surface area contributed by atoms with Gasteiger partial charge in [0.05, 0.1) is 19.3 Å². The average Bonchev–Trinajstić information content (AvgIpc) is 3.29. The maximum absolute atomic E-state index is 12.6. The zero-order valence-corrected chi connectivity index (χ0v) is 18.0. The van der Waals surface area contributed by atoms with Crippen molar-refractivity contribution < 1.29 is 14.3 Å². The number of thiazole rings is 1. The van der Waals surface area contributed by atoms with E-state index in [1.807, 2.05) is 60.0 Å². The van der Waals surface area contributed by atoms with Crippen molar-refractivity contribution in [2.75, 3.05) is 19.0 Å². The van der Waals surface area contributed by atoms with Crippen LogP contribution in [0.4, 0.5) is 5.13 Å². The fraction of sp³-hybridized carbons (Fsp3) is 0.130. The fourth-order valence-corrected chi connectivity index (χ4v) is 3.60. The molecular weight excluding hydrogens is 428 g/mol. The SMILES string of the molecule is COc1ccc(-c2csc(NC(=O)c3ccc(=O)n(CCOc4ccccc4)n3)n2)cc1. The number of benzene rings is 2. The molecule has 2 heterocycles. The van der Waals surface area contributed by atoms with Crippen molar-refractivity contribution >= 4 is 22.4 Å². The van der Waals surface area contributed by atoms with Gasteiger partial charge in [0.15, 0.2) is 5.13 Å². The van der Waals surface area contributed by atoms with Crippen LogP contribution in [0.2, 0.25) is 0 Å². The number of para-hydroxylation sites is 1. The molecule has 0 aliphatic carbocycles. The second kappa shape index (κ2) is 9.88. The lowest BCUT2D eigenvalue weighted by molar-refractivity contribution is 0.101. The molecule has 1 amide bonds. The minimum Gasteiger partial charge on any atom is -0.497 e. The highest BCUT2D eigenvalue weighted by Gasteiger charge is 2.13. The van der Waals surface area contributed by atoms with Gasteiger partial charge in [-0.2, -0.15) is 5.10 Å². The van der Waals surface area contributed by atoms with Crippen molar-refractivity contribution in [1.82, 2.24) is 14.8 Å². The molecule has 1 N–H and O–H groups in total. The molecule has 32 heavy (non-hydrogen) atoms. The lowest BCUT2D eigenvalue weighted by Gasteiger charge is -2.08. The van der Waals surface area contributed by atoms with Crippen LogP contribution in [0, 0.1) is 0 Å². The number of ether oxygens (including phenoxy) is 2. The number of hydrogen-bond acceptors (Lipinski definition) is 7. The molecule has 0 unspecified atom stereocenters. The van der Waals surface area contributed by atoms with E-state index in [4.69, 9.17) is 9.47 Å². The largest absolute Gasteiger partial charge is 0.497 e. The van der Waals surface area contributed by atoms with Crippen LogP contribution < -0.4 is 20.3 Å². The summed E-state index contributed by atoms with van der Waals surface area (Å²) in [7, 11) is 1.61. The topological polar surface area (TPSA) is 95.3 Å². The highest BCUT2D eigenvalue weighted by molar-refractivity contribution is 7.14. The maximum Gasteiger partial charge on any atom is 0.277 e. The van der Waals surface area contributed by atoms with Gasteiger partial charge >= 0.3 is 0 Å². The number of amides is 1. The quantitative estimate of drug-likeness (QED) is 0.442. The molecule has 0 aliphatic rings. The van der Waals surface area contributed by atoms with Crippen molar-refractivity contribution in [2.24, 2.45) is 0 Å². The van der Waals surface area contributed by atoms with Gasteiger partial charge in [-0.1, -0.05) is 18.2 Å². The van der Waals surface area contributed by atoms with Gasteiger partial charge in [-0.3, -0.25) is 14.9 Å². The molecule has 0 atom stereocenters. The van der Waals surface area contributed by atoms with Crippen molar-refractivity contribution in [1.29, 1.82) is 0 Å². The Morgan fingerprint density at radius 3 is 2.56 bits per heavy atom. The van der Waals surface area contributed by atoms with Gasteiger partial charge in [0.1, 0.15) is 23.8 Å². The summed E-state index contributed by atoms with van der Waals surface area (Å²) in [5.74, 6) is 1.01. The zero-order chi connectivity index (χ0) is 22.3. The first-order chi connectivity index (χ1) is 15.6. The lowest BCUT2D eigenvalue weighted by Crippen LogP contribution is -2.28. The molecule has 162 valence electrons. The van der Waals surface area contributed by atoms with Crippen molar-refractivity contribution in [3.8, 4) is 22.8 Å². The molecule has 4 aromatic rings. The van der Waals surface area contributed by atoms with E-state index in [1.165, 1.54) is 28.2 Å². The van der Waals surface area contributed by atoms with Crippen molar-refractivity contribution in [2.45, 2.75) is 6.54 Å². The van der Waals surface area contributed by atoms with E-state index >= 15 is 0 Å². The van der Waals surface area contributed by atoms with Gasteiger partial charge in [0.2, 0.25) is 0 Å². The van der Waals surface area contributed by atoms with E-state index < -0.39 is 5.91 Å². The Hall–Kier alpha value is -3.98. The third kappa shape index (κ3) is 5.19. The average molecular weight is 449 g/mol. The first kappa shape index (κ1) is 21.3. The van der Waals surface area contributed by atoms with Crippen LogP contribution in [-0.4, -0.2) is 34.4 Å². The van der Waals surface area contributed by atoms with E-state index in [9.17, 15) is 9.59 Å². The normalized spacial score (nSPS) is 10.5. The van der Waals surface area contributed by atoms with Crippen LogP contribution in [0.3, 0.4) is 0 Å². The highest BCUT2D eigenvalue weighted by atomic mass is 32.1. The summed E-state index contributed by atoms with van der Waals surface area (Å²) in [6, 6.07) is 19.5. The van der Waals surface area contributed by atoms with Gasteiger partial charge < -0.3 is 9.47 Å². The van der Waals surface area contributed by atoms with Gasteiger partial charge in [0.25, 0.3) is 11.5 Å². The van der Waals surface area contributed by atoms with Crippen LogP contribution in [0.1, 0.15) is 10.5 Å². The van der Waals surface area contributed by atoms with Crippen LogP contribution in [0.5, 0.6) is 11.5 Å². The van der Waals surface area contributed by atoms with Crippen molar-refractivity contribution in [3.05, 3.63) is 88.2 Å². The number of aromatic nitrogens is 3. The molecule has 0 fully saturated rings. The summed E-state index contributed by atoms with van der Waals surface area (Å²) in [5.41, 5.74) is 1.45. The van der Waals surface area contributed by atoms with E-state index in [2.05, 4.69) is 15.4 Å². The summed E-state index contributed by atoms with van der Waals surface area (Å²) in [6.45, 7) is 0.466. The standard InChI is InChI=1S/C23H20N4O4S/c1-30-17-9-7-16(8-10-17)20-15-32-23(24-20)25-22(29)19-11-12-21(28)27(26-19)13-14-31-18-5-3-2-4-6-18/h2-12,15H,13-14H2,1H3,(H,24,25,29). The summed E-state index contributed by atoms with van der Waals surface area (Å²) >= 11 is 1.31. The highest BCUT2D eigenvalue weighted by Crippen LogP contribution is 2.26. The van der Waals surface area contributed by atoms with E-state index in [0.29, 0.717) is 10.9 Å². The molecule has 0 aliphatic heterocycles. The van der Waals surface area contributed by atoms with Crippen LogP contribution >= 0.6 is 11.3 Å². The molecule has 0 radical (unpaired) electrons. The molecule has 0 spiro atoms. The van der Waals surface area contributed by atoms with Gasteiger partial charge in [-0.15, -0.1) is 11.3 Å². The second-order valence-corrected chi connectivity index (χ2v) is 7.52. The lowest BCUT2D eigenvalue weighted by atomic mass is 10.2. The Labute approximate surface area is 188 Å². The predicted molar refractivity (Wildman–Crippen MR) is 122 cm³/mol. The molecule has 9 heteroatoms.